The van der Waals surface area contributed by atoms with Gasteiger partial charge in [0.1, 0.15) is 4.90 Å². The maximum absolute atomic E-state index is 13.9. The summed E-state index contributed by atoms with van der Waals surface area (Å²) in [6.07, 6.45) is -0.0329. The Morgan fingerprint density at radius 3 is 2.45 bits per heavy atom. The van der Waals surface area contributed by atoms with Gasteiger partial charge in [0.05, 0.1) is 12.8 Å². The van der Waals surface area contributed by atoms with E-state index in [9.17, 15) is 21.6 Å². The summed E-state index contributed by atoms with van der Waals surface area (Å²) in [5, 5.41) is 4.76. The minimum Gasteiger partial charge on any atom is -0.466 e. The molecule has 1 aliphatic rings. The number of piperazine rings is 1. The molecule has 160 valence electrons. The van der Waals surface area contributed by atoms with Crippen LogP contribution < -0.4 is 4.74 Å². The normalized spacial score (nSPS) is 16.5. The summed E-state index contributed by atoms with van der Waals surface area (Å²) in [6, 6.07) is 1.34. The van der Waals surface area contributed by atoms with Crippen molar-refractivity contribution >= 4 is 33.6 Å². The fraction of sp³-hybridized carbons (Fsp3) is 0.500. The Labute approximate surface area is 175 Å². The molecule has 0 saturated carbocycles. The molecule has 1 fully saturated rings. The number of ether oxygens (including phenoxy) is 1. The lowest BCUT2D eigenvalue weighted by molar-refractivity contribution is 0.142. The zero-order chi connectivity index (χ0) is 21.3. The summed E-state index contributed by atoms with van der Waals surface area (Å²) >= 11 is 6.52. The van der Waals surface area contributed by atoms with Crippen LogP contribution in [0.3, 0.4) is 0 Å². The van der Waals surface area contributed by atoms with E-state index in [1.807, 2.05) is 18.7 Å². The Balaban J connectivity index is 1.67. The SMILES string of the molecule is CC(C)Oc1nn(CN2CCN(S(=O)(=O)c3ccc(F)c(F)c3F)CC2)c(=S)s1. The summed E-state index contributed by atoms with van der Waals surface area (Å²) in [6.45, 7) is 4.91. The second kappa shape index (κ2) is 8.68. The predicted molar refractivity (Wildman–Crippen MR) is 103 cm³/mol. The van der Waals surface area contributed by atoms with Crippen molar-refractivity contribution < 1.29 is 26.3 Å². The summed E-state index contributed by atoms with van der Waals surface area (Å²) < 4.78 is 74.4. The van der Waals surface area contributed by atoms with Crippen molar-refractivity contribution in [2.75, 3.05) is 26.2 Å². The predicted octanol–water partition coefficient (Wildman–Crippen LogP) is 2.84. The Kier molecular flexibility index (Phi) is 6.63. The lowest BCUT2D eigenvalue weighted by Crippen LogP contribution is -2.49. The van der Waals surface area contributed by atoms with E-state index in [1.165, 1.54) is 11.3 Å². The third-order valence-corrected chi connectivity index (χ3v) is 7.32. The van der Waals surface area contributed by atoms with Gasteiger partial charge in [-0.25, -0.2) is 26.3 Å². The second-order valence-corrected chi connectivity index (χ2v) is 10.1. The highest BCUT2D eigenvalue weighted by molar-refractivity contribution is 7.89. The highest BCUT2D eigenvalue weighted by atomic mass is 32.2. The molecule has 0 aliphatic carbocycles. The highest BCUT2D eigenvalue weighted by Gasteiger charge is 2.32. The molecule has 29 heavy (non-hydrogen) atoms. The van der Waals surface area contributed by atoms with Crippen LogP contribution in [0.5, 0.6) is 5.19 Å². The second-order valence-electron chi connectivity index (χ2n) is 6.64. The first-order valence-corrected chi connectivity index (χ1v) is 11.4. The number of halogens is 3. The molecule has 7 nitrogen and oxygen atoms in total. The van der Waals surface area contributed by atoms with Crippen molar-refractivity contribution in [3.8, 4) is 5.19 Å². The molecule has 0 unspecified atom stereocenters. The molecule has 2 heterocycles. The van der Waals surface area contributed by atoms with Gasteiger partial charge in [-0.15, -0.1) is 5.10 Å². The lowest BCUT2D eigenvalue weighted by Gasteiger charge is -2.33. The summed E-state index contributed by atoms with van der Waals surface area (Å²) in [4.78, 5) is 1.06. The number of hydrogen-bond acceptors (Lipinski definition) is 7. The van der Waals surface area contributed by atoms with E-state index in [0.29, 0.717) is 35.0 Å². The quantitative estimate of drug-likeness (QED) is 0.480. The van der Waals surface area contributed by atoms with Crippen LogP contribution in [0.2, 0.25) is 0 Å². The van der Waals surface area contributed by atoms with Crippen molar-refractivity contribution in [3.63, 3.8) is 0 Å². The van der Waals surface area contributed by atoms with Gasteiger partial charge in [-0.1, -0.05) is 0 Å². The number of benzene rings is 1. The fourth-order valence-corrected chi connectivity index (χ4v) is 5.30. The molecule has 0 radical (unpaired) electrons. The average Bonchev–Trinajstić information content (AvgIpc) is 2.98. The number of hydrogen-bond donors (Lipinski definition) is 0. The van der Waals surface area contributed by atoms with E-state index >= 15 is 0 Å². The smallest absolute Gasteiger partial charge is 0.293 e. The average molecular weight is 469 g/mol. The summed E-state index contributed by atoms with van der Waals surface area (Å²) in [5.41, 5.74) is 0. The zero-order valence-corrected chi connectivity index (χ0v) is 18.1. The molecule has 1 saturated heterocycles. The molecule has 1 aromatic carbocycles. The lowest BCUT2D eigenvalue weighted by atomic mass is 10.3. The van der Waals surface area contributed by atoms with Crippen LogP contribution in [0.15, 0.2) is 17.0 Å². The Hall–Kier alpha value is -1.54. The van der Waals surface area contributed by atoms with Crippen molar-refractivity contribution in [1.29, 1.82) is 0 Å². The fourth-order valence-electron chi connectivity index (χ4n) is 2.77. The first-order valence-electron chi connectivity index (χ1n) is 8.70. The number of aromatic nitrogens is 2. The Morgan fingerprint density at radius 2 is 1.83 bits per heavy atom. The molecule has 3 rings (SSSR count). The van der Waals surface area contributed by atoms with E-state index < -0.39 is 32.4 Å². The first-order chi connectivity index (χ1) is 13.6. The van der Waals surface area contributed by atoms with Gasteiger partial charge in [0.15, 0.2) is 21.4 Å². The number of rotatable bonds is 6. The largest absolute Gasteiger partial charge is 0.466 e. The van der Waals surface area contributed by atoms with E-state index in [-0.39, 0.29) is 19.2 Å². The van der Waals surface area contributed by atoms with E-state index in [4.69, 9.17) is 17.0 Å². The van der Waals surface area contributed by atoms with Crippen LogP contribution in [-0.4, -0.2) is 59.7 Å². The molecule has 0 amide bonds. The van der Waals surface area contributed by atoms with Crippen molar-refractivity contribution in [3.05, 3.63) is 33.5 Å². The highest BCUT2D eigenvalue weighted by Crippen LogP contribution is 2.24. The maximum Gasteiger partial charge on any atom is 0.293 e. The molecular formula is C16H19F3N4O3S3. The molecule has 0 spiro atoms. The number of sulfonamides is 1. The van der Waals surface area contributed by atoms with Crippen molar-refractivity contribution in [1.82, 2.24) is 19.0 Å². The maximum atomic E-state index is 13.9. The Bertz CT molecular complexity index is 1050. The van der Waals surface area contributed by atoms with Gasteiger partial charge in [-0.3, -0.25) is 4.90 Å². The summed E-state index contributed by atoms with van der Waals surface area (Å²) in [7, 11) is -4.28. The van der Waals surface area contributed by atoms with Gasteiger partial charge >= 0.3 is 0 Å². The zero-order valence-electron chi connectivity index (χ0n) is 15.6. The molecule has 13 heteroatoms. The van der Waals surface area contributed by atoms with E-state index in [2.05, 4.69) is 5.10 Å². The molecular weight excluding hydrogens is 449 g/mol. The minimum absolute atomic E-state index is 0.0329. The molecule has 0 atom stereocenters. The van der Waals surface area contributed by atoms with Crippen LogP contribution in [0.4, 0.5) is 13.2 Å². The Morgan fingerprint density at radius 1 is 1.17 bits per heavy atom. The van der Waals surface area contributed by atoms with Crippen LogP contribution >= 0.6 is 23.6 Å². The van der Waals surface area contributed by atoms with E-state index in [0.717, 1.165) is 10.4 Å². The topological polar surface area (TPSA) is 67.7 Å². The van der Waals surface area contributed by atoms with Gasteiger partial charge in [0.2, 0.25) is 10.0 Å². The van der Waals surface area contributed by atoms with Gasteiger partial charge in [-0.05, 0) is 49.5 Å². The standard InChI is InChI=1S/C16H19F3N4O3S3/c1-10(2)26-15-20-23(16(27)28-15)9-21-5-7-22(8-6-21)29(24,25)12-4-3-11(17)13(18)14(12)19/h3-4,10H,5-9H2,1-2H3. The molecule has 1 aliphatic heterocycles. The van der Waals surface area contributed by atoms with Gasteiger partial charge in [0.25, 0.3) is 5.19 Å². The van der Waals surface area contributed by atoms with Gasteiger partial charge in [-0.2, -0.15) is 4.31 Å². The van der Waals surface area contributed by atoms with Gasteiger partial charge < -0.3 is 4.74 Å². The third-order valence-electron chi connectivity index (χ3n) is 4.21. The molecule has 0 bridgehead atoms. The van der Waals surface area contributed by atoms with Crippen LogP contribution in [-0.2, 0) is 16.7 Å². The van der Waals surface area contributed by atoms with Crippen LogP contribution in [0.1, 0.15) is 13.8 Å². The molecule has 1 aromatic heterocycles. The molecule has 2 aromatic rings. The monoisotopic (exact) mass is 468 g/mol. The van der Waals surface area contributed by atoms with Crippen LogP contribution in [0.25, 0.3) is 0 Å². The minimum atomic E-state index is -4.28. The first kappa shape index (κ1) is 22.2. The van der Waals surface area contributed by atoms with Crippen molar-refractivity contribution in [2.24, 2.45) is 0 Å². The van der Waals surface area contributed by atoms with Gasteiger partial charge in [0, 0.05) is 26.2 Å². The number of nitrogens with zero attached hydrogens (tertiary/aromatic N) is 4. The molecule has 0 N–H and O–H groups in total. The van der Waals surface area contributed by atoms with Crippen LogP contribution in [0, 0.1) is 21.4 Å². The van der Waals surface area contributed by atoms with Crippen molar-refractivity contribution in [2.45, 2.75) is 31.5 Å². The third kappa shape index (κ3) is 4.79. The summed E-state index contributed by atoms with van der Waals surface area (Å²) in [5.74, 6) is -4.95. The van der Waals surface area contributed by atoms with E-state index in [1.54, 1.807) is 4.68 Å².